The second-order valence-corrected chi connectivity index (χ2v) is 7.93. The lowest BCUT2D eigenvalue weighted by Gasteiger charge is -2.25. The first-order valence-corrected chi connectivity index (χ1v) is 9.52. The van der Waals surface area contributed by atoms with Gasteiger partial charge in [-0.3, -0.25) is 4.99 Å². The zero-order chi connectivity index (χ0) is 17.3. The normalized spacial score (nSPS) is 26.8. The van der Waals surface area contributed by atoms with Crippen molar-refractivity contribution in [2.45, 2.75) is 38.0 Å². The molecule has 2 saturated heterocycles. The van der Waals surface area contributed by atoms with Crippen LogP contribution in [-0.2, 0) is 10.2 Å². The minimum absolute atomic E-state index is 0. The first-order valence-electron chi connectivity index (χ1n) is 9.52. The molecule has 1 unspecified atom stereocenters. The van der Waals surface area contributed by atoms with Gasteiger partial charge in [-0.15, -0.1) is 24.0 Å². The summed E-state index contributed by atoms with van der Waals surface area (Å²) >= 11 is 0. The van der Waals surface area contributed by atoms with E-state index in [1.165, 1.54) is 12.5 Å². The third-order valence-electron chi connectivity index (χ3n) is 6.08. The summed E-state index contributed by atoms with van der Waals surface area (Å²) in [6.45, 7) is 7.57. The summed E-state index contributed by atoms with van der Waals surface area (Å²) < 4.78 is 19.2. The molecule has 6 heteroatoms. The lowest BCUT2D eigenvalue weighted by Crippen LogP contribution is -2.42. The highest BCUT2D eigenvalue weighted by Crippen LogP contribution is 2.48. The van der Waals surface area contributed by atoms with Crippen LogP contribution in [0.4, 0.5) is 4.39 Å². The Balaban J connectivity index is 0.00000196. The van der Waals surface area contributed by atoms with Gasteiger partial charge in [0.1, 0.15) is 5.82 Å². The highest BCUT2D eigenvalue weighted by Gasteiger charge is 2.45. The fourth-order valence-electron chi connectivity index (χ4n) is 4.25. The van der Waals surface area contributed by atoms with Gasteiger partial charge < -0.3 is 15.0 Å². The summed E-state index contributed by atoms with van der Waals surface area (Å²) in [5.41, 5.74) is 1.46. The molecule has 1 saturated carbocycles. The van der Waals surface area contributed by atoms with Gasteiger partial charge in [0.2, 0.25) is 0 Å². The van der Waals surface area contributed by atoms with Crippen LogP contribution in [0.25, 0.3) is 0 Å². The number of rotatable bonds is 4. The number of aliphatic imine (C=N–C) groups is 1. The number of halogens is 2. The topological polar surface area (TPSA) is 36.9 Å². The molecule has 1 atom stereocenters. The molecule has 0 amide bonds. The minimum atomic E-state index is -0.151. The maximum absolute atomic E-state index is 13.6. The molecule has 26 heavy (non-hydrogen) atoms. The SMILES string of the molecule is CCNC(=NCC1(c2cccc(F)c2)CC1)N1CCC2(CCOC2)C1.I. The van der Waals surface area contributed by atoms with Gasteiger partial charge in [0.25, 0.3) is 0 Å². The average molecular weight is 473 g/mol. The van der Waals surface area contributed by atoms with Gasteiger partial charge in [0.05, 0.1) is 13.2 Å². The van der Waals surface area contributed by atoms with Gasteiger partial charge in [-0.05, 0) is 50.3 Å². The lowest BCUT2D eigenvalue weighted by molar-refractivity contribution is 0.156. The zero-order valence-electron chi connectivity index (χ0n) is 15.5. The van der Waals surface area contributed by atoms with E-state index in [1.54, 1.807) is 6.07 Å². The number of ether oxygens (including phenoxy) is 1. The number of benzene rings is 1. The van der Waals surface area contributed by atoms with Crippen molar-refractivity contribution in [2.75, 3.05) is 39.4 Å². The predicted octanol–water partition coefficient (Wildman–Crippen LogP) is 3.55. The van der Waals surface area contributed by atoms with Crippen molar-refractivity contribution in [1.29, 1.82) is 0 Å². The Morgan fingerprint density at radius 2 is 2.15 bits per heavy atom. The Bertz CT molecular complexity index is 656. The van der Waals surface area contributed by atoms with E-state index >= 15 is 0 Å². The van der Waals surface area contributed by atoms with Crippen LogP contribution in [0.2, 0.25) is 0 Å². The molecule has 2 aliphatic heterocycles. The van der Waals surface area contributed by atoms with Gasteiger partial charge >= 0.3 is 0 Å². The molecule has 1 aliphatic carbocycles. The van der Waals surface area contributed by atoms with E-state index in [0.29, 0.717) is 5.41 Å². The molecule has 0 aromatic heterocycles. The van der Waals surface area contributed by atoms with Crippen molar-refractivity contribution < 1.29 is 9.13 Å². The maximum atomic E-state index is 13.6. The fraction of sp³-hybridized carbons (Fsp3) is 0.650. The van der Waals surface area contributed by atoms with Crippen LogP contribution in [0.1, 0.15) is 38.2 Å². The average Bonchev–Trinajstić information content (AvgIpc) is 3.08. The molecule has 2 heterocycles. The zero-order valence-corrected chi connectivity index (χ0v) is 17.8. The number of nitrogens with zero attached hydrogens (tertiary/aromatic N) is 2. The predicted molar refractivity (Wildman–Crippen MR) is 113 cm³/mol. The molecular formula is C20H29FIN3O. The smallest absolute Gasteiger partial charge is 0.193 e. The molecule has 1 spiro atoms. The highest BCUT2D eigenvalue weighted by atomic mass is 127. The largest absolute Gasteiger partial charge is 0.381 e. The van der Waals surface area contributed by atoms with Crippen molar-refractivity contribution in [3.8, 4) is 0 Å². The number of guanidine groups is 1. The van der Waals surface area contributed by atoms with Crippen LogP contribution >= 0.6 is 24.0 Å². The third kappa shape index (κ3) is 4.01. The van der Waals surface area contributed by atoms with Crippen LogP contribution in [0.5, 0.6) is 0 Å². The Morgan fingerprint density at radius 3 is 2.81 bits per heavy atom. The van der Waals surface area contributed by atoms with Gasteiger partial charge in [0, 0.05) is 37.1 Å². The molecule has 1 aromatic carbocycles. The maximum Gasteiger partial charge on any atom is 0.193 e. The number of hydrogen-bond donors (Lipinski definition) is 1. The first kappa shape index (κ1) is 19.9. The van der Waals surface area contributed by atoms with Crippen LogP contribution in [-0.4, -0.2) is 50.3 Å². The Labute approximate surface area is 172 Å². The quantitative estimate of drug-likeness (QED) is 0.413. The summed E-state index contributed by atoms with van der Waals surface area (Å²) in [4.78, 5) is 7.35. The molecule has 3 aliphatic rings. The van der Waals surface area contributed by atoms with E-state index in [4.69, 9.17) is 9.73 Å². The monoisotopic (exact) mass is 473 g/mol. The molecule has 1 N–H and O–H groups in total. The summed E-state index contributed by atoms with van der Waals surface area (Å²) in [6.07, 6.45) is 4.54. The van der Waals surface area contributed by atoms with Crippen molar-refractivity contribution in [1.82, 2.24) is 10.2 Å². The van der Waals surface area contributed by atoms with E-state index in [2.05, 4.69) is 17.1 Å². The van der Waals surface area contributed by atoms with Gasteiger partial charge in [-0.25, -0.2) is 4.39 Å². The molecule has 4 rings (SSSR count). The van der Waals surface area contributed by atoms with E-state index in [9.17, 15) is 4.39 Å². The van der Waals surface area contributed by atoms with Gasteiger partial charge in [0.15, 0.2) is 5.96 Å². The van der Waals surface area contributed by atoms with Crippen molar-refractivity contribution >= 4 is 29.9 Å². The summed E-state index contributed by atoms with van der Waals surface area (Å²) in [5, 5.41) is 3.46. The molecule has 4 nitrogen and oxygen atoms in total. The van der Waals surface area contributed by atoms with E-state index in [-0.39, 0.29) is 35.2 Å². The Kier molecular flexibility index (Phi) is 6.11. The third-order valence-corrected chi connectivity index (χ3v) is 6.08. The summed E-state index contributed by atoms with van der Waals surface area (Å²) in [6, 6.07) is 7.04. The summed E-state index contributed by atoms with van der Waals surface area (Å²) in [7, 11) is 0. The highest BCUT2D eigenvalue weighted by molar-refractivity contribution is 14.0. The van der Waals surface area contributed by atoms with Crippen molar-refractivity contribution in [3.63, 3.8) is 0 Å². The van der Waals surface area contributed by atoms with Crippen LogP contribution in [0, 0.1) is 11.2 Å². The molecular weight excluding hydrogens is 444 g/mol. The second-order valence-electron chi connectivity index (χ2n) is 7.93. The Hall–Kier alpha value is -0.890. The van der Waals surface area contributed by atoms with Crippen molar-refractivity contribution in [2.24, 2.45) is 10.4 Å². The number of nitrogens with one attached hydrogen (secondary N) is 1. The van der Waals surface area contributed by atoms with Crippen LogP contribution in [0.15, 0.2) is 29.3 Å². The molecule has 0 radical (unpaired) electrons. The molecule has 3 fully saturated rings. The van der Waals surface area contributed by atoms with E-state index in [0.717, 1.165) is 70.2 Å². The van der Waals surface area contributed by atoms with Crippen molar-refractivity contribution in [3.05, 3.63) is 35.6 Å². The van der Waals surface area contributed by atoms with Gasteiger partial charge in [-0.1, -0.05) is 12.1 Å². The standard InChI is InChI=1S/C20H28FN3O.HI/c1-2-22-18(24-10-8-19(14-24)9-11-25-15-19)23-13-20(6-7-20)16-4-3-5-17(21)12-16;/h3-5,12H,2,6-11,13-15H2,1H3,(H,22,23);1H. The van der Waals surface area contributed by atoms with Crippen LogP contribution in [0.3, 0.4) is 0 Å². The van der Waals surface area contributed by atoms with Crippen LogP contribution < -0.4 is 5.32 Å². The molecule has 0 bridgehead atoms. The first-order chi connectivity index (χ1) is 12.1. The second kappa shape index (κ2) is 8.00. The summed E-state index contributed by atoms with van der Waals surface area (Å²) in [5.74, 6) is 0.858. The number of hydrogen-bond acceptors (Lipinski definition) is 2. The van der Waals surface area contributed by atoms with Gasteiger partial charge in [-0.2, -0.15) is 0 Å². The van der Waals surface area contributed by atoms with E-state index < -0.39 is 0 Å². The minimum Gasteiger partial charge on any atom is -0.381 e. The Morgan fingerprint density at radius 1 is 1.31 bits per heavy atom. The molecule has 1 aromatic rings. The number of likely N-dealkylation sites (tertiary alicyclic amines) is 1. The lowest BCUT2D eigenvalue weighted by atomic mass is 9.87. The molecule has 144 valence electrons. The fourth-order valence-corrected chi connectivity index (χ4v) is 4.25. The van der Waals surface area contributed by atoms with E-state index in [1.807, 2.05) is 12.1 Å².